The Bertz CT molecular complexity index is 966. The highest BCUT2D eigenvalue weighted by molar-refractivity contribution is 9.10. The van der Waals surface area contributed by atoms with Crippen LogP contribution in [0.3, 0.4) is 0 Å². The van der Waals surface area contributed by atoms with Crippen molar-refractivity contribution in [1.29, 1.82) is 0 Å². The molecular formula is C17H14BrFN2O4S. The van der Waals surface area contributed by atoms with Gasteiger partial charge < -0.3 is 5.32 Å². The van der Waals surface area contributed by atoms with Crippen LogP contribution < -0.4 is 5.32 Å². The standard InChI is InChI=1S/C17H14BrFN2O4S/c18-11-6-7-14(13(19)10-11)20-17(23)15-8-9-16(22)21(15)26(24,25)12-4-2-1-3-5-12/h1-7,10,15H,8-9H2,(H,20,23). The highest BCUT2D eigenvalue weighted by atomic mass is 79.9. The van der Waals surface area contributed by atoms with Gasteiger partial charge in [0.15, 0.2) is 0 Å². The van der Waals surface area contributed by atoms with E-state index in [0.29, 0.717) is 8.78 Å². The smallest absolute Gasteiger partial charge is 0.267 e. The normalized spacial score (nSPS) is 17.4. The number of hydrogen-bond donors (Lipinski definition) is 1. The van der Waals surface area contributed by atoms with Gasteiger partial charge in [0.2, 0.25) is 11.8 Å². The van der Waals surface area contributed by atoms with Gasteiger partial charge in [-0.2, -0.15) is 0 Å². The molecule has 0 aromatic heterocycles. The summed E-state index contributed by atoms with van der Waals surface area (Å²) in [6.07, 6.45) is -0.0398. The molecule has 1 saturated heterocycles. The summed E-state index contributed by atoms with van der Waals surface area (Å²) in [5.41, 5.74) is -0.0883. The minimum atomic E-state index is -4.17. The van der Waals surface area contributed by atoms with Crippen molar-refractivity contribution < 1.29 is 22.4 Å². The van der Waals surface area contributed by atoms with Crippen molar-refractivity contribution in [3.05, 3.63) is 58.8 Å². The summed E-state index contributed by atoms with van der Waals surface area (Å²) in [4.78, 5) is 24.6. The van der Waals surface area contributed by atoms with Crippen molar-refractivity contribution in [1.82, 2.24) is 4.31 Å². The van der Waals surface area contributed by atoms with Crippen LogP contribution in [0.5, 0.6) is 0 Å². The number of sulfonamides is 1. The molecule has 1 heterocycles. The molecule has 2 aromatic carbocycles. The van der Waals surface area contributed by atoms with Crippen LogP contribution in [0.15, 0.2) is 57.9 Å². The Morgan fingerprint density at radius 3 is 2.54 bits per heavy atom. The maximum absolute atomic E-state index is 13.9. The maximum atomic E-state index is 13.9. The van der Waals surface area contributed by atoms with Crippen LogP contribution in [-0.2, 0) is 19.6 Å². The summed E-state index contributed by atoms with van der Waals surface area (Å²) in [7, 11) is -4.17. The van der Waals surface area contributed by atoms with E-state index >= 15 is 0 Å². The monoisotopic (exact) mass is 440 g/mol. The molecule has 2 amide bonds. The summed E-state index contributed by atoms with van der Waals surface area (Å²) < 4.78 is 40.6. The second kappa shape index (κ2) is 7.16. The van der Waals surface area contributed by atoms with Crippen molar-refractivity contribution in [3.8, 4) is 0 Å². The molecular weight excluding hydrogens is 427 g/mol. The molecule has 1 atom stereocenters. The molecule has 2 aromatic rings. The molecule has 26 heavy (non-hydrogen) atoms. The second-order valence-electron chi connectivity index (χ2n) is 5.68. The fraction of sp³-hybridized carbons (Fsp3) is 0.176. The maximum Gasteiger partial charge on any atom is 0.267 e. The number of halogens is 2. The molecule has 0 spiro atoms. The van der Waals surface area contributed by atoms with E-state index in [1.807, 2.05) is 0 Å². The Morgan fingerprint density at radius 1 is 1.19 bits per heavy atom. The number of carbonyl (C=O) groups excluding carboxylic acids is 2. The van der Waals surface area contributed by atoms with Crippen LogP contribution in [-0.4, -0.2) is 30.6 Å². The van der Waals surface area contributed by atoms with Gasteiger partial charge in [0.25, 0.3) is 10.0 Å². The summed E-state index contributed by atoms with van der Waals surface area (Å²) in [5.74, 6) is -2.09. The Balaban J connectivity index is 1.89. The number of benzene rings is 2. The topological polar surface area (TPSA) is 83.6 Å². The largest absolute Gasteiger partial charge is 0.322 e. The number of amides is 2. The van der Waals surface area contributed by atoms with Gasteiger partial charge in [0, 0.05) is 10.9 Å². The Hall–Kier alpha value is -2.26. The highest BCUT2D eigenvalue weighted by Gasteiger charge is 2.44. The molecule has 1 N–H and O–H groups in total. The third-order valence-corrected chi connectivity index (χ3v) is 6.29. The average molecular weight is 441 g/mol. The zero-order valence-corrected chi connectivity index (χ0v) is 15.8. The molecule has 136 valence electrons. The fourth-order valence-electron chi connectivity index (χ4n) is 2.71. The van der Waals surface area contributed by atoms with Crippen LogP contribution in [0, 0.1) is 5.82 Å². The van der Waals surface area contributed by atoms with E-state index < -0.39 is 33.7 Å². The van der Waals surface area contributed by atoms with Crippen LogP contribution in [0.25, 0.3) is 0 Å². The molecule has 1 aliphatic heterocycles. The van der Waals surface area contributed by atoms with Crippen LogP contribution in [0.4, 0.5) is 10.1 Å². The van der Waals surface area contributed by atoms with Gasteiger partial charge in [-0.15, -0.1) is 0 Å². The average Bonchev–Trinajstić information content (AvgIpc) is 3.00. The zero-order valence-electron chi connectivity index (χ0n) is 13.4. The quantitative estimate of drug-likeness (QED) is 0.791. The molecule has 1 fully saturated rings. The molecule has 9 heteroatoms. The summed E-state index contributed by atoms with van der Waals surface area (Å²) in [5, 5.41) is 2.36. The van der Waals surface area contributed by atoms with Crippen LogP contribution >= 0.6 is 15.9 Å². The molecule has 3 rings (SSSR count). The number of hydrogen-bond acceptors (Lipinski definition) is 4. The lowest BCUT2D eigenvalue weighted by Gasteiger charge is -2.23. The van der Waals surface area contributed by atoms with Gasteiger partial charge in [-0.3, -0.25) is 9.59 Å². The number of rotatable bonds is 4. The minimum absolute atomic E-state index is 0.0366. The Morgan fingerprint density at radius 2 is 1.88 bits per heavy atom. The molecule has 6 nitrogen and oxygen atoms in total. The Kier molecular flexibility index (Phi) is 5.10. The van der Waals surface area contributed by atoms with Crippen LogP contribution in [0.1, 0.15) is 12.8 Å². The van der Waals surface area contributed by atoms with Gasteiger partial charge in [0.05, 0.1) is 10.6 Å². The van der Waals surface area contributed by atoms with Crippen molar-refractivity contribution >= 4 is 43.5 Å². The lowest BCUT2D eigenvalue weighted by molar-refractivity contribution is -0.128. The predicted molar refractivity (Wildman–Crippen MR) is 96.2 cm³/mol. The molecule has 0 bridgehead atoms. The molecule has 1 aliphatic rings. The highest BCUT2D eigenvalue weighted by Crippen LogP contribution is 2.28. The van der Waals surface area contributed by atoms with Gasteiger partial charge in [-0.05, 0) is 36.8 Å². The van der Waals surface area contributed by atoms with Crippen molar-refractivity contribution in [2.75, 3.05) is 5.32 Å². The van der Waals surface area contributed by atoms with Crippen LogP contribution in [0.2, 0.25) is 0 Å². The molecule has 0 radical (unpaired) electrons. The number of nitrogens with one attached hydrogen (secondary N) is 1. The second-order valence-corrected chi connectivity index (χ2v) is 8.41. The van der Waals surface area contributed by atoms with E-state index in [9.17, 15) is 22.4 Å². The van der Waals surface area contributed by atoms with E-state index in [1.165, 1.54) is 42.5 Å². The third-order valence-electron chi connectivity index (χ3n) is 3.95. The van der Waals surface area contributed by atoms with E-state index in [0.717, 1.165) is 0 Å². The Labute approximate surface area is 158 Å². The SMILES string of the molecule is O=C(Nc1ccc(Br)cc1F)C1CCC(=O)N1S(=O)(=O)c1ccccc1. The zero-order chi connectivity index (χ0) is 18.9. The third kappa shape index (κ3) is 3.49. The number of nitrogens with zero attached hydrogens (tertiary/aromatic N) is 1. The van der Waals surface area contributed by atoms with Crippen molar-refractivity contribution in [3.63, 3.8) is 0 Å². The first kappa shape index (κ1) is 18.5. The number of anilines is 1. The van der Waals surface area contributed by atoms with Crippen molar-refractivity contribution in [2.24, 2.45) is 0 Å². The first-order chi connectivity index (χ1) is 12.3. The fourth-order valence-corrected chi connectivity index (χ4v) is 4.67. The summed E-state index contributed by atoms with van der Waals surface area (Å²) in [6, 6.07) is 10.2. The first-order valence-corrected chi connectivity index (χ1v) is 9.92. The summed E-state index contributed by atoms with van der Waals surface area (Å²) in [6.45, 7) is 0. The molecule has 0 aliphatic carbocycles. The van der Waals surface area contributed by atoms with E-state index in [-0.39, 0.29) is 23.4 Å². The van der Waals surface area contributed by atoms with Crippen molar-refractivity contribution in [2.45, 2.75) is 23.8 Å². The van der Waals surface area contributed by atoms with Gasteiger partial charge in [-0.25, -0.2) is 17.1 Å². The lowest BCUT2D eigenvalue weighted by atomic mass is 10.2. The van der Waals surface area contributed by atoms with E-state index in [2.05, 4.69) is 21.2 Å². The minimum Gasteiger partial charge on any atom is -0.322 e. The number of carbonyl (C=O) groups is 2. The molecule has 0 saturated carbocycles. The van der Waals surface area contributed by atoms with Gasteiger partial charge in [-0.1, -0.05) is 34.1 Å². The first-order valence-electron chi connectivity index (χ1n) is 7.69. The van der Waals surface area contributed by atoms with E-state index in [4.69, 9.17) is 0 Å². The lowest BCUT2D eigenvalue weighted by Crippen LogP contribution is -2.45. The van der Waals surface area contributed by atoms with Gasteiger partial charge in [0.1, 0.15) is 11.9 Å². The van der Waals surface area contributed by atoms with E-state index in [1.54, 1.807) is 6.07 Å². The predicted octanol–water partition coefficient (Wildman–Crippen LogP) is 2.91. The summed E-state index contributed by atoms with van der Waals surface area (Å²) >= 11 is 3.11. The molecule has 1 unspecified atom stereocenters. The van der Waals surface area contributed by atoms with Gasteiger partial charge >= 0.3 is 0 Å².